The fourth-order valence-corrected chi connectivity index (χ4v) is 2.47. The van der Waals surface area contributed by atoms with Crippen LogP contribution in [0.5, 0.6) is 0 Å². The molecular formula is C16H18ClN. The zero-order valence-electron chi connectivity index (χ0n) is 11.0. The number of hydrogen-bond acceptors (Lipinski definition) is 1. The Morgan fingerprint density at radius 1 is 1.00 bits per heavy atom. The molecule has 94 valence electrons. The summed E-state index contributed by atoms with van der Waals surface area (Å²) in [4.78, 5) is 0. The molecule has 0 unspecified atom stereocenters. The molecule has 0 radical (unpaired) electrons. The molecule has 0 fully saturated rings. The molecule has 2 heteroatoms. The number of halogens is 1. The average Bonchev–Trinajstić information content (AvgIpc) is 2.27. The van der Waals surface area contributed by atoms with Crippen LogP contribution in [-0.4, -0.2) is 0 Å². The minimum absolute atomic E-state index is 0.761. The summed E-state index contributed by atoms with van der Waals surface area (Å²) in [6, 6.07) is 12.3. The second-order valence-electron chi connectivity index (χ2n) is 4.74. The van der Waals surface area contributed by atoms with Crippen molar-refractivity contribution in [3.8, 4) is 0 Å². The molecule has 0 bridgehead atoms. The van der Waals surface area contributed by atoms with Gasteiger partial charge in [-0.05, 0) is 55.7 Å². The van der Waals surface area contributed by atoms with Gasteiger partial charge in [-0.3, -0.25) is 0 Å². The first-order valence-electron chi connectivity index (χ1n) is 6.12. The maximum absolute atomic E-state index is 5.97. The summed E-state index contributed by atoms with van der Waals surface area (Å²) in [6.45, 7) is 7.29. The maximum atomic E-state index is 5.97. The highest BCUT2D eigenvalue weighted by atomic mass is 35.5. The first kappa shape index (κ1) is 13.0. The lowest BCUT2D eigenvalue weighted by atomic mass is 10.00. The van der Waals surface area contributed by atoms with Crippen molar-refractivity contribution in [3.05, 3.63) is 63.7 Å². The molecular weight excluding hydrogens is 242 g/mol. The molecule has 0 aliphatic rings. The highest BCUT2D eigenvalue weighted by molar-refractivity contribution is 6.30. The first-order chi connectivity index (χ1) is 8.56. The summed E-state index contributed by atoms with van der Waals surface area (Å²) in [5.41, 5.74) is 6.41. The molecule has 0 saturated heterocycles. The van der Waals surface area contributed by atoms with Crippen molar-refractivity contribution in [3.63, 3.8) is 0 Å². The zero-order valence-corrected chi connectivity index (χ0v) is 11.8. The Morgan fingerprint density at radius 3 is 2.28 bits per heavy atom. The Morgan fingerprint density at radius 2 is 1.67 bits per heavy atom. The van der Waals surface area contributed by atoms with Crippen molar-refractivity contribution < 1.29 is 0 Å². The second-order valence-corrected chi connectivity index (χ2v) is 5.18. The molecule has 0 aliphatic carbocycles. The fourth-order valence-electron chi connectivity index (χ4n) is 2.28. The standard InChI is InChI=1S/C16H18ClN/c1-11-7-12(2)16(13(3)8-11)10-18-15-6-4-5-14(17)9-15/h4-9,18H,10H2,1-3H3. The van der Waals surface area contributed by atoms with Crippen LogP contribution in [0.25, 0.3) is 0 Å². The van der Waals surface area contributed by atoms with Crippen LogP contribution in [0, 0.1) is 20.8 Å². The van der Waals surface area contributed by atoms with Gasteiger partial charge < -0.3 is 5.32 Å². The Bertz CT molecular complexity index is 538. The molecule has 0 aromatic heterocycles. The van der Waals surface area contributed by atoms with E-state index in [1.165, 1.54) is 22.3 Å². The van der Waals surface area contributed by atoms with E-state index < -0.39 is 0 Å². The summed E-state index contributed by atoms with van der Waals surface area (Å²) in [5.74, 6) is 0. The van der Waals surface area contributed by atoms with Crippen LogP contribution in [0.1, 0.15) is 22.3 Å². The third-order valence-corrected chi connectivity index (χ3v) is 3.37. The van der Waals surface area contributed by atoms with Crippen molar-refractivity contribution >= 4 is 17.3 Å². The number of rotatable bonds is 3. The molecule has 0 heterocycles. The molecule has 0 atom stereocenters. The van der Waals surface area contributed by atoms with Crippen molar-refractivity contribution in [2.24, 2.45) is 0 Å². The summed E-state index contributed by atoms with van der Waals surface area (Å²) in [7, 11) is 0. The van der Waals surface area contributed by atoms with E-state index in [4.69, 9.17) is 11.6 Å². The lowest BCUT2D eigenvalue weighted by Crippen LogP contribution is -2.04. The van der Waals surface area contributed by atoms with Crippen molar-refractivity contribution in [1.82, 2.24) is 0 Å². The van der Waals surface area contributed by atoms with Gasteiger partial charge in [0.25, 0.3) is 0 Å². The van der Waals surface area contributed by atoms with Crippen molar-refractivity contribution in [1.29, 1.82) is 0 Å². The van der Waals surface area contributed by atoms with Crippen molar-refractivity contribution in [2.45, 2.75) is 27.3 Å². The van der Waals surface area contributed by atoms with E-state index >= 15 is 0 Å². The molecule has 0 amide bonds. The normalized spacial score (nSPS) is 10.4. The van der Waals surface area contributed by atoms with Crippen LogP contribution in [0.15, 0.2) is 36.4 Å². The Balaban J connectivity index is 2.16. The van der Waals surface area contributed by atoms with Gasteiger partial charge in [0.1, 0.15) is 0 Å². The molecule has 18 heavy (non-hydrogen) atoms. The average molecular weight is 260 g/mol. The summed E-state index contributed by atoms with van der Waals surface area (Å²) in [5, 5.41) is 4.18. The lowest BCUT2D eigenvalue weighted by molar-refractivity contribution is 1.08. The van der Waals surface area contributed by atoms with Crippen LogP contribution in [-0.2, 0) is 6.54 Å². The molecule has 2 rings (SSSR count). The van der Waals surface area contributed by atoms with Crippen LogP contribution < -0.4 is 5.32 Å². The summed E-state index contributed by atoms with van der Waals surface area (Å²) >= 11 is 5.97. The quantitative estimate of drug-likeness (QED) is 0.829. The highest BCUT2D eigenvalue weighted by Crippen LogP contribution is 2.20. The van der Waals surface area contributed by atoms with Gasteiger partial charge in [0, 0.05) is 17.3 Å². The van der Waals surface area contributed by atoms with E-state index in [1.807, 2.05) is 24.3 Å². The number of aryl methyl sites for hydroxylation is 3. The smallest absolute Gasteiger partial charge is 0.0426 e. The second kappa shape index (κ2) is 5.45. The number of hydrogen-bond donors (Lipinski definition) is 1. The van der Waals surface area contributed by atoms with E-state index in [0.29, 0.717) is 0 Å². The maximum Gasteiger partial charge on any atom is 0.0426 e. The van der Waals surface area contributed by atoms with Crippen LogP contribution in [0.4, 0.5) is 5.69 Å². The molecule has 0 saturated carbocycles. The summed E-state index contributed by atoms with van der Waals surface area (Å²) < 4.78 is 0. The van der Waals surface area contributed by atoms with E-state index in [9.17, 15) is 0 Å². The third-order valence-electron chi connectivity index (χ3n) is 3.13. The van der Waals surface area contributed by atoms with Crippen molar-refractivity contribution in [2.75, 3.05) is 5.32 Å². The largest absolute Gasteiger partial charge is 0.381 e. The molecule has 0 aliphatic heterocycles. The van der Waals surface area contributed by atoms with Gasteiger partial charge in [-0.25, -0.2) is 0 Å². The van der Waals surface area contributed by atoms with Gasteiger partial charge in [0.2, 0.25) is 0 Å². The Hall–Kier alpha value is -1.47. The predicted molar refractivity (Wildman–Crippen MR) is 79.4 cm³/mol. The van der Waals surface area contributed by atoms with Gasteiger partial charge in [0.15, 0.2) is 0 Å². The predicted octanol–water partition coefficient (Wildman–Crippen LogP) is 4.88. The van der Waals surface area contributed by atoms with Gasteiger partial charge in [-0.1, -0.05) is 35.4 Å². The van der Waals surface area contributed by atoms with E-state index in [0.717, 1.165) is 17.3 Å². The van der Waals surface area contributed by atoms with Gasteiger partial charge in [-0.2, -0.15) is 0 Å². The van der Waals surface area contributed by atoms with E-state index in [-0.39, 0.29) is 0 Å². The van der Waals surface area contributed by atoms with E-state index in [1.54, 1.807) is 0 Å². The van der Waals surface area contributed by atoms with Gasteiger partial charge in [-0.15, -0.1) is 0 Å². The van der Waals surface area contributed by atoms with Crippen LogP contribution >= 0.6 is 11.6 Å². The van der Waals surface area contributed by atoms with E-state index in [2.05, 4.69) is 38.2 Å². The number of benzene rings is 2. The third kappa shape index (κ3) is 3.05. The Labute approximate surface area is 114 Å². The number of anilines is 1. The van der Waals surface area contributed by atoms with Crippen LogP contribution in [0.3, 0.4) is 0 Å². The molecule has 2 aromatic rings. The van der Waals surface area contributed by atoms with Crippen LogP contribution in [0.2, 0.25) is 5.02 Å². The fraction of sp³-hybridized carbons (Fsp3) is 0.250. The Kier molecular flexibility index (Phi) is 3.93. The SMILES string of the molecule is Cc1cc(C)c(CNc2cccc(Cl)c2)c(C)c1. The minimum Gasteiger partial charge on any atom is -0.381 e. The molecule has 0 spiro atoms. The monoisotopic (exact) mass is 259 g/mol. The number of nitrogens with one attached hydrogen (secondary N) is 1. The first-order valence-corrected chi connectivity index (χ1v) is 6.50. The molecule has 1 N–H and O–H groups in total. The molecule has 2 aromatic carbocycles. The highest BCUT2D eigenvalue weighted by Gasteiger charge is 2.03. The summed E-state index contributed by atoms with van der Waals surface area (Å²) in [6.07, 6.45) is 0. The topological polar surface area (TPSA) is 12.0 Å². The molecule has 1 nitrogen and oxygen atoms in total. The zero-order chi connectivity index (χ0) is 13.1. The lowest BCUT2D eigenvalue weighted by Gasteiger charge is -2.13. The minimum atomic E-state index is 0.761. The van der Waals surface area contributed by atoms with Gasteiger partial charge >= 0.3 is 0 Å². The van der Waals surface area contributed by atoms with Gasteiger partial charge in [0.05, 0.1) is 0 Å².